The summed E-state index contributed by atoms with van der Waals surface area (Å²) in [6, 6.07) is -0.272. The van der Waals surface area contributed by atoms with Gasteiger partial charge in [-0.15, -0.1) is 0 Å². The van der Waals surface area contributed by atoms with Gasteiger partial charge in [0.1, 0.15) is 6.04 Å². The quantitative estimate of drug-likeness (QED) is 0.687. The van der Waals surface area contributed by atoms with Gasteiger partial charge in [0, 0.05) is 6.04 Å². The molecule has 0 aromatic heterocycles. The Hall–Kier alpha value is -1.06. The molecule has 1 heterocycles. The van der Waals surface area contributed by atoms with Gasteiger partial charge in [-0.2, -0.15) is 0 Å². The minimum absolute atomic E-state index is 0.0220. The molecule has 1 aliphatic carbocycles. The number of carbonyl (C=O) groups is 2. The van der Waals surface area contributed by atoms with Gasteiger partial charge in [0.15, 0.2) is 0 Å². The number of nitrogens with zero attached hydrogens (tertiary/aromatic N) is 1. The Balaban J connectivity index is 2.03. The Morgan fingerprint density at radius 3 is 2.57 bits per heavy atom. The SMILES string of the molecule is CC(C)CC1NC(=O)N(C2CC2)C1=O. The van der Waals surface area contributed by atoms with Crippen molar-refractivity contribution in [1.82, 2.24) is 10.2 Å². The van der Waals surface area contributed by atoms with Crippen LogP contribution in [0.3, 0.4) is 0 Å². The van der Waals surface area contributed by atoms with Crippen molar-refractivity contribution in [2.24, 2.45) is 5.92 Å². The number of carbonyl (C=O) groups excluding carboxylic acids is 2. The van der Waals surface area contributed by atoms with Crippen LogP contribution >= 0.6 is 0 Å². The van der Waals surface area contributed by atoms with E-state index in [0.29, 0.717) is 5.92 Å². The lowest BCUT2D eigenvalue weighted by Gasteiger charge is -2.12. The van der Waals surface area contributed by atoms with Crippen LogP contribution in [0.15, 0.2) is 0 Å². The molecule has 1 aliphatic heterocycles. The summed E-state index contributed by atoms with van der Waals surface area (Å²) in [7, 11) is 0. The number of hydrogen-bond donors (Lipinski definition) is 1. The van der Waals surface area contributed by atoms with Crippen molar-refractivity contribution in [2.75, 3.05) is 0 Å². The van der Waals surface area contributed by atoms with E-state index in [1.807, 2.05) is 0 Å². The Labute approximate surface area is 83.6 Å². The maximum absolute atomic E-state index is 11.8. The molecular weight excluding hydrogens is 180 g/mol. The van der Waals surface area contributed by atoms with Crippen LogP contribution in [0, 0.1) is 5.92 Å². The van der Waals surface area contributed by atoms with Crippen LogP contribution in [0.25, 0.3) is 0 Å². The minimum atomic E-state index is -0.275. The van der Waals surface area contributed by atoms with Crippen LogP contribution in [-0.2, 0) is 4.79 Å². The summed E-state index contributed by atoms with van der Waals surface area (Å²) in [4.78, 5) is 24.6. The van der Waals surface area contributed by atoms with Gasteiger partial charge >= 0.3 is 6.03 Å². The lowest BCUT2D eigenvalue weighted by atomic mass is 10.0. The Morgan fingerprint density at radius 1 is 1.43 bits per heavy atom. The third-order valence-corrected chi connectivity index (χ3v) is 2.67. The lowest BCUT2D eigenvalue weighted by molar-refractivity contribution is -0.128. The van der Waals surface area contributed by atoms with Gasteiger partial charge in [0.2, 0.25) is 0 Å². The van der Waals surface area contributed by atoms with Gasteiger partial charge < -0.3 is 5.32 Å². The molecular formula is C10H16N2O2. The second-order valence-corrected chi connectivity index (χ2v) is 4.57. The molecule has 4 heteroatoms. The van der Waals surface area contributed by atoms with Gasteiger partial charge in [0.05, 0.1) is 0 Å². The first-order chi connectivity index (χ1) is 6.59. The molecule has 0 bridgehead atoms. The van der Waals surface area contributed by atoms with Crippen LogP contribution in [-0.4, -0.2) is 28.9 Å². The predicted octanol–water partition coefficient (Wildman–Crippen LogP) is 1.12. The summed E-state index contributed by atoms with van der Waals surface area (Å²) < 4.78 is 0. The smallest absolute Gasteiger partial charge is 0.325 e. The highest BCUT2D eigenvalue weighted by Crippen LogP contribution is 2.30. The van der Waals surface area contributed by atoms with E-state index in [-0.39, 0.29) is 24.0 Å². The molecule has 2 fully saturated rings. The zero-order valence-electron chi connectivity index (χ0n) is 8.62. The average molecular weight is 196 g/mol. The largest absolute Gasteiger partial charge is 0.326 e. The Morgan fingerprint density at radius 2 is 2.07 bits per heavy atom. The van der Waals surface area contributed by atoms with E-state index < -0.39 is 0 Å². The highest BCUT2D eigenvalue weighted by molar-refractivity contribution is 6.04. The zero-order valence-corrected chi connectivity index (χ0v) is 8.62. The Bertz CT molecular complexity index is 271. The molecule has 4 nitrogen and oxygen atoms in total. The molecule has 1 N–H and O–H groups in total. The molecule has 2 aliphatic rings. The van der Waals surface area contributed by atoms with Crippen molar-refractivity contribution in [3.05, 3.63) is 0 Å². The van der Waals surface area contributed by atoms with E-state index in [2.05, 4.69) is 19.2 Å². The van der Waals surface area contributed by atoms with E-state index in [4.69, 9.17) is 0 Å². The average Bonchev–Trinajstić information content (AvgIpc) is 2.82. The molecule has 1 unspecified atom stereocenters. The van der Waals surface area contributed by atoms with E-state index in [1.165, 1.54) is 4.90 Å². The first-order valence-electron chi connectivity index (χ1n) is 5.23. The highest BCUT2D eigenvalue weighted by Gasteiger charge is 2.45. The third-order valence-electron chi connectivity index (χ3n) is 2.67. The van der Waals surface area contributed by atoms with Crippen molar-refractivity contribution in [3.63, 3.8) is 0 Å². The fourth-order valence-electron chi connectivity index (χ4n) is 1.86. The van der Waals surface area contributed by atoms with Crippen molar-refractivity contribution < 1.29 is 9.59 Å². The van der Waals surface area contributed by atoms with Gasteiger partial charge in [-0.05, 0) is 25.2 Å². The van der Waals surface area contributed by atoms with Crippen LogP contribution in [0.5, 0.6) is 0 Å². The summed E-state index contributed by atoms with van der Waals surface area (Å²) in [5.41, 5.74) is 0. The highest BCUT2D eigenvalue weighted by atomic mass is 16.2. The van der Waals surface area contributed by atoms with Crippen molar-refractivity contribution in [1.29, 1.82) is 0 Å². The number of imide groups is 1. The molecule has 3 amide bonds. The summed E-state index contributed by atoms with van der Waals surface area (Å²) in [6.07, 6.45) is 2.70. The molecule has 14 heavy (non-hydrogen) atoms. The second kappa shape index (κ2) is 3.26. The first-order valence-corrected chi connectivity index (χ1v) is 5.23. The third kappa shape index (κ3) is 1.61. The van der Waals surface area contributed by atoms with Gasteiger partial charge in [-0.1, -0.05) is 13.8 Å². The second-order valence-electron chi connectivity index (χ2n) is 4.57. The topological polar surface area (TPSA) is 49.4 Å². The normalized spacial score (nSPS) is 27.4. The van der Waals surface area contributed by atoms with Crippen LogP contribution < -0.4 is 5.32 Å². The fourth-order valence-corrected chi connectivity index (χ4v) is 1.86. The molecule has 0 aromatic carbocycles. The number of rotatable bonds is 3. The standard InChI is InChI=1S/C10H16N2O2/c1-6(2)5-8-9(13)12(7-3-4-7)10(14)11-8/h6-8H,3-5H2,1-2H3,(H,11,14). The zero-order chi connectivity index (χ0) is 10.3. The fraction of sp³-hybridized carbons (Fsp3) is 0.800. The van der Waals surface area contributed by atoms with Crippen molar-refractivity contribution in [2.45, 2.75) is 45.2 Å². The summed E-state index contributed by atoms with van der Waals surface area (Å²) >= 11 is 0. The maximum Gasteiger partial charge on any atom is 0.325 e. The summed E-state index contributed by atoms with van der Waals surface area (Å²) in [6.45, 7) is 4.11. The molecule has 0 spiro atoms. The molecule has 1 saturated carbocycles. The molecule has 78 valence electrons. The summed E-state index contributed by atoms with van der Waals surface area (Å²) in [5, 5.41) is 2.74. The molecule has 1 atom stereocenters. The van der Waals surface area contributed by atoms with Crippen molar-refractivity contribution >= 4 is 11.9 Å². The first kappa shape index (κ1) is 9.49. The lowest BCUT2D eigenvalue weighted by Crippen LogP contribution is -2.33. The molecule has 1 saturated heterocycles. The molecule has 0 radical (unpaired) electrons. The molecule has 0 aromatic rings. The van der Waals surface area contributed by atoms with Crippen molar-refractivity contribution in [3.8, 4) is 0 Å². The van der Waals surface area contributed by atoms with E-state index in [9.17, 15) is 9.59 Å². The molecule has 2 rings (SSSR count). The van der Waals surface area contributed by atoms with Gasteiger partial charge in [0.25, 0.3) is 5.91 Å². The summed E-state index contributed by atoms with van der Waals surface area (Å²) in [5.74, 6) is 0.412. The van der Waals surface area contributed by atoms with Crippen LogP contribution in [0.2, 0.25) is 0 Å². The van der Waals surface area contributed by atoms with Crippen LogP contribution in [0.1, 0.15) is 33.1 Å². The van der Waals surface area contributed by atoms with Gasteiger partial charge in [-0.25, -0.2) is 4.79 Å². The van der Waals surface area contributed by atoms with Gasteiger partial charge in [-0.3, -0.25) is 9.69 Å². The number of nitrogens with one attached hydrogen (secondary N) is 1. The van der Waals surface area contributed by atoms with E-state index in [1.54, 1.807) is 0 Å². The number of urea groups is 1. The number of amides is 3. The monoisotopic (exact) mass is 196 g/mol. The minimum Gasteiger partial charge on any atom is -0.326 e. The Kier molecular flexibility index (Phi) is 2.21. The van der Waals surface area contributed by atoms with E-state index >= 15 is 0 Å². The van der Waals surface area contributed by atoms with E-state index in [0.717, 1.165) is 19.3 Å². The maximum atomic E-state index is 11.8. The number of hydrogen-bond acceptors (Lipinski definition) is 2. The predicted molar refractivity (Wildman–Crippen MR) is 51.6 cm³/mol. The van der Waals surface area contributed by atoms with Crippen LogP contribution in [0.4, 0.5) is 4.79 Å².